The van der Waals surface area contributed by atoms with Gasteiger partial charge in [0.2, 0.25) is 5.55 Å². The number of carbonyl (C=O) groups is 1. The summed E-state index contributed by atoms with van der Waals surface area (Å²) in [5.74, 6) is -0.304. The van der Waals surface area contributed by atoms with Gasteiger partial charge in [-0.1, -0.05) is 22.8 Å². The smallest absolute Gasteiger partial charge is 0.319 e. The van der Waals surface area contributed by atoms with Gasteiger partial charge in [-0.05, 0) is 19.4 Å². The van der Waals surface area contributed by atoms with Crippen LogP contribution in [0.5, 0.6) is 0 Å². The average Bonchev–Trinajstić information content (AvgIpc) is 2.18. The van der Waals surface area contributed by atoms with Crippen molar-refractivity contribution in [3.8, 4) is 0 Å². The van der Waals surface area contributed by atoms with Crippen molar-refractivity contribution in [3.05, 3.63) is 0 Å². The van der Waals surface area contributed by atoms with Gasteiger partial charge in [0.05, 0.1) is 19.4 Å². The predicted molar refractivity (Wildman–Crippen MR) is 64.1 cm³/mol. The Bertz CT molecular complexity index is 217. The van der Waals surface area contributed by atoms with Crippen molar-refractivity contribution in [2.24, 2.45) is 0 Å². The zero-order chi connectivity index (χ0) is 11.0. The summed E-state index contributed by atoms with van der Waals surface area (Å²) in [6.07, 6.45) is 3.97. The quantitative estimate of drug-likeness (QED) is 0.556. The molecule has 7 heteroatoms. The molecule has 0 heterocycles. The maximum absolute atomic E-state index is 11.8. The van der Waals surface area contributed by atoms with E-state index < -0.39 is 5.55 Å². The SMILES string of the molecule is CCOC(=O)CNCP(=O)(SC)SC. The van der Waals surface area contributed by atoms with Gasteiger partial charge in [-0.2, -0.15) is 0 Å². The van der Waals surface area contributed by atoms with Gasteiger partial charge < -0.3 is 4.74 Å². The number of nitrogens with one attached hydrogen (secondary N) is 1. The lowest BCUT2D eigenvalue weighted by atomic mass is 10.6. The highest BCUT2D eigenvalue weighted by Gasteiger charge is 2.18. The molecule has 0 radical (unpaired) electrons. The Balaban J connectivity index is 3.72. The summed E-state index contributed by atoms with van der Waals surface area (Å²) in [5.41, 5.74) is -2.24. The number of hydrogen-bond acceptors (Lipinski definition) is 6. The molecule has 84 valence electrons. The van der Waals surface area contributed by atoms with Crippen molar-refractivity contribution in [2.45, 2.75) is 6.92 Å². The first-order chi connectivity index (χ1) is 6.58. The molecular weight excluding hydrogens is 241 g/mol. The van der Waals surface area contributed by atoms with Crippen molar-refractivity contribution in [2.75, 3.05) is 31.9 Å². The monoisotopic (exact) mass is 257 g/mol. The molecule has 0 aromatic rings. The number of ether oxygens (including phenoxy) is 1. The molecule has 0 saturated heterocycles. The second kappa shape index (κ2) is 7.63. The Kier molecular flexibility index (Phi) is 7.82. The molecule has 0 atom stereocenters. The third-order valence-electron chi connectivity index (χ3n) is 1.44. The van der Waals surface area contributed by atoms with Crippen LogP contribution in [0.3, 0.4) is 0 Å². The highest BCUT2D eigenvalue weighted by molar-refractivity contribution is 8.90. The fourth-order valence-electron chi connectivity index (χ4n) is 0.711. The van der Waals surface area contributed by atoms with Gasteiger partial charge in [-0.15, -0.1) is 0 Å². The first kappa shape index (κ1) is 14.4. The van der Waals surface area contributed by atoms with E-state index in [2.05, 4.69) is 5.32 Å². The van der Waals surface area contributed by atoms with Crippen LogP contribution in [0.25, 0.3) is 0 Å². The largest absolute Gasteiger partial charge is 0.465 e. The minimum atomic E-state index is -2.24. The molecular formula is C7H16NO3PS2. The molecule has 0 unspecified atom stereocenters. The molecule has 0 saturated carbocycles. The highest BCUT2D eigenvalue weighted by atomic mass is 33.1. The lowest BCUT2D eigenvalue weighted by Gasteiger charge is -2.12. The summed E-state index contributed by atoms with van der Waals surface area (Å²) in [7, 11) is 0. The summed E-state index contributed by atoms with van der Waals surface area (Å²) in [4.78, 5) is 10.9. The Labute approximate surface area is 92.8 Å². The van der Waals surface area contributed by atoms with Crippen LogP contribution in [0.1, 0.15) is 6.92 Å². The van der Waals surface area contributed by atoms with Gasteiger partial charge >= 0.3 is 5.97 Å². The van der Waals surface area contributed by atoms with E-state index in [1.807, 2.05) is 12.5 Å². The number of hydrogen-bond donors (Lipinski definition) is 1. The molecule has 0 amide bonds. The third-order valence-corrected chi connectivity index (χ3v) is 9.96. The van der Waals surface area contributed by atoms with Crippen LogP contribution >= 0.6 is 28.3 Å². The summed E-state index contributed by atoms with van der Waals surface area (Å²) in [6.45, 7) is 2.26. The fraction of sp³-hybridized carbons (Fsp3) is 0.857. The minimum absolute atomic E-state index is 0.124. The van der Waals surface area contributed by atoms with E-state index in [1.54, 1.807) is 6.92 Å². The van der Waals surface area contributed by atoms with Gasteiger partial charge in [-0.3, -0.25) is 14.7 Å². The maximum Gasteiger partial charge on any atom is 0.319 e. The van der Waals surface area contributed by atoms with Crippen LogP contribution in [0, 0.1) is 0 Å². The number of carbonyl (C=O) groups excluding carboxylic acids is 1. The van der Waals surface area contributed by atoms with Crippen molar-refractivity contribution < 1.29 is 14.1 Å². The molecule has 0 bridgehead atoms. The second-order valence-electron chi connectivity index (χ2n) is 2.37. The zero-order valence-corrected chi connectivity index (χ0v) is 11.1. The molecule has 0 aliphatic heterocycles. The Morgan fingerprint density at radius 2 is 2.00 bits per heavy atom. The topological polar surface area (TPSA) is 55.4 Å². The van der Waals surface area contributed by atoms with E-state index in [-0.39, 0.29) is 12.5 Å². The van der Waals surface area contributed by atoms with Crippen molar-refractivity contribution in [1.29, 1.82) is 0 Å². The van der Waals surface area contributed by atoms with Gasteiger partial charge in [0, 0.05) is 0 Å². The summed E-state index contributed by atoms with van der Waals surface area (Å²) < 4.78 is 16.5. The van der Waals surface area contributed by atoms with Gasteiger partial charge in [0.25, 0.3) is 0 Å². The Morgan fingerprint density at radius 1 is 1.43 bits per heavy atom. The van der Waals surface area contributed by atoms with Crippen molar-refractivity contribution in [3.63, 3.8) is 0 Å². The molecule has 14 heavy (non-hydrogen) atoms. The Morgan fingerprint density at radius 3 is 2.43 bits per heavy atom. The van der Waals surface area contributed by atoms with E-state index >= 15 is 0 Å². The summed E-state index contributed by atoms with van der Waals surface area (Å²) in [5, 5.41) is 2.83. The van der Waals surface area contributed by atoms with E-state index in [9.17, 15) is 9.36 Å². The fourth-order valence-corrected chi connectivity index (χ4v) is 4.61. The normalized spacial score (nSPS) is 11.4. The van der Waals surface area contributed by atoms with E-state index in [4.69, 9.17) is 4.74 Å². The molecule has 4 nitrogen and oxygen atoms in total. The number of rotatable bonds is 7. The summed E-state index contributed by atoms with van der Waals surface area (Å²) >= 11 is 2.68. The van der Waals surface area contributed by atoms with Crippen molar-refractivity contribution in [1.82, 2.24) is 5.32 Å². The standard InChI is InChI=1S/C7H16NO3PS2/c1-4-11-7(9)5-8-6-12(10,13-2)14-3/h8H,4-6H2,1-3H3. The van der Waals surface area contributed by atoms with Crippen LogP contribution < -0.4 is 5.32 Å². The molecule has 0 aliphatic rings. The van der Waals surface area contributed by atoms with Crippen LogP contribution in [-0.4, -0.2) is 37.9 Å². The highest BCUT2D eigenvalue weighted by Crippen LogP contribution is 2.65. The van der Waals surface area contributed by atoms with E-state index in [0.717, 1.165) is 0 Å². The third kappa shape index (κ3) is 5.96. The predicted octanol–water partition coefficient (Wildman–Crippen LogP) is 2.02. The molecule has 0 aromatic carbocycles. The van der Waals surface area contributed by atoms with Crippen LogP contribution in [-0.2, 0) is 14.1 Å². The molecule has 0 rings (SSSR count). The van der Waals surface area contributed by atoms with Crippen LogP contribution in [0.4, 0.5) is 0 Å². The lowest BCUT2D eigenvalue weighted by Crippen LogP contribution is -2.24. The van der Waals surface area contributed by atoms with Crippen LogP contribution in [0.15, 0.2) is 0 Å². The zero-order valence-electron chi connectivity index (χ0n) is 8.61. The van der Waals surface area contributed by atoms with Gasteiger partial charge in [0.1, 0.15) is 0 Å². The molecule has 1 N–H and O–H groups in total. The minimum Gasteiger partial charge on any atom is -0.465 e. The molecule has 0 aromatic heterocycles. The summed E-state index contributed by atoms with van der Waals surface area (Å²) in [6, 6.07) is 0. The molecule has 0 spiro atoms. The maximum atomic E-state index is 11.8. The van der Waals surface area contributed by atoms with Gasteiger partial charge in [0.15, 0.2) is 0 Å². The van der Waals surface area contributed by atoms with Gasteiger partial charge in [-0.25, -0.2) is 0 Å². The van der Waals surface area contributed by atoms with E-state index in [1.165, 1.54) is 22.8 Å². The van der Waals surface area contributed by atoms with Crippen molar-refractivity contribution >= 4 is 34.3 Å². The Hall–Kier alpha value is 0.360. The average molecular weight is 257 g/mol. The van der Waals surface area contributed by atoms with Crippen LogP contribution in [0.2, 0.25) is 0 Å². The van der Waals surface area contributed by atoms with E-state index in [0.29, 0.717) is 12.9 Å². The first-order valence-corrected chi connectivity index (χ1v) is 9.70. The molecule has 0 aliphatic carbocycles. The second-order valence-corrected chi connectivity index (χ2v) is 11.1. The lowest BCUT2D eigenvalue weighted by molar-refractivity contribution is -0.141. The molecule has 0 fully saturated rings. The first-order valence-electron chi connectivity index (χ1n) is 4.15. The number of esters is 1.